The standard InChI is InChI=1S/C16H12Cl3N5O/c1-25-14-5-3-9(7-13(14)19)21-15-8-20-24-16(23-15)22-10-2-4-11(17)12(18)6-10/h2-8H,1H3,(H2,21,22,23,24). The fraction of sp³-hybridized carbons (Fsp3) is 0.0625. The van der Waals surface area contributed by atoms with Gasteiger partial charge in [-0.15, -0.1) is 5.10 Å². The molecule has 0 radical (unpaired) electrons. The van der Waals surface area contributed by atoms with Crippen molar-refractivity contribution in [3.63, 3.8) is 0 Å². The molecule has 0 unspecified atom stereocenters. The van der Waals surface area contributed by atoms with E-state index in [1.165, 1.54) is 6.20 Å². The van der Waals surface area contributed by atoms with Crippen LogP contribution < -0.4 is 15.4 Å². The maximum absolute atomic E-state index is 6.11. The molecule has 0 atom stereocenters. The molecule has 9 heteroatoms. The van der Waals surface area contributed by atoms with Crippen molar-refractivity contribution >= 4 is 57.9 Å². The second kappa shape index (κ2) is 7.74. The first-order chi connectivity index (χ1) is 12.0. The third-order valence-electron chi connectivity index (χ3n) is 3.16. The summed E-state index contributed by atoms with van der Waals surface area (Å²) >= 11 is 18.0. The Morgan fingerprint density at radius 2 is 1.60 bits per heavy atom. The summed E-state index contributed by atoms with van der Waals surface area (Å²) < 4.78 is 5.13. The Morgan fingerprint density at radius 3 is 2.32 bits per heavy atom. The quantitative estimate of drug-likeness (QED) is 0.607. The first-order valence-electron chi connectivity index (χ1n) is 7.07. The molecule has 0 bridgehead atoms. The summed E-state index contributed by atoms with van der Waals surface area (Å²) in [7, 11) is 1.56. The van der Waals surface area contributed by atoms with Crippen LogP contribution in [-0.2, 0) is 0 Å². The van der Waals surface area contributed by atoms with Crippen LogP contribution in [0.5, 0.6) is 5.75 Å². The van der Waals surface area contributed by atoms with Gasteiger partial charge in [-0.3, -0.25) is 0 Å². The molecule has 0 aliphatic rings. The maximum atomic E-state index is 6.11. The van der Waals surface area contributed by atoms with Gasteiger partial charge in [-0.2, -0.15) is 10.1 Å². The zero-order chi connectivity index (χ0) is 17.8. The molecule has 0 saturated carbocycles. The third kappa shape index (κ3) is 4.42. The molecule has 3 rings (SSSR count). The van der Waals surface area contributed by atoms with Gasteiger partial charge in [-0.05, 0) is 36.4 Å². The molecule has 2 aromatic carbocycles. The van der Waals surface area contributed by atoms with Gasteiger partial charge in [-0.25, -0.2) is 0 Å². The minimum Gasteiger partial charge on any atom is -0.495 e. The predicted molar refractivity (Wildman–Crippen MR) is 101 cm³/mol. The van der Waals surface area contributed by atoms with Gasteiger partial charge in [0.05, 0.1) is 28.4 Å². The molecule has 3 aromatic rings. The van der Waals surface area contributed by atoms with Crippen molar-refractivity contribution in [2.75, 3.05) is 17.7 Å². The van der Waals surface area contributed by atoms with E-state index in [9.17, 15) is 0 Å². The van der Waals surface area contributed by atoms with Gasteiger partial charge < -0.3 is 15.4 Å². The predicted octanol–water partition coefficient (Wildman–Crippen LogP) is 5.33. The number of halogens is 3. The monoisotopic (exact) mass is 395 g/mol. The second-order valence-electron chi connectivity index (χ2n) is 4.89. The third-order valence-corrected chi connectivity index (χ3v) is 4.19. The summed E-state index contributed by atoms with van der Waals surface area (Å²) in [4.78, 5) is 4.34. The van der Waals surface area contributed by atoms with Gasteiger partial charge in [0.1, 0.15) is 5.75 Å². The van der Waals surface area contributed by atoms with Crippen LogP contribution in [0.2, 0.25) is 15.1 Å². The summed E-state index contributed by atoms with van der Waals surface area (Å²) in [5.41, 5.74) is 1.44. The Balaban J connectivity index is 1.77. The lowest BCUT2D eigenvalue weighted by Gasteiger charge is -2.09. The minimum absolute atomic E-state index is 0.308. The first kappa shape index (κ1) is 17.5. The van der Waals surface area contributed by atoms with E-state index >= 15 is 0 Å². The fourth-order valence-electron chi connectivity index (χ4n) is 2.01. The molecule has 1 heterocycles. The summed E-state index contributed by atoms with van der Waals surface area (Å²) in [6.07, 6.45) is 1.50. The van der Waals surface area contributed by atoms with Crippen LogP contribution >= 0.6 is 34.8 Å². The molecular formula is C16H12Cl3N5O. The highest BCUT2D eigenvalue weighted by Gasteiger charge is 2.06. The number of aromatic nitrogens is 3. The van der Waals surface area contributed by atoms with Crippen molar-refractivity contribution in [2.45, 2.75) is 0 Å². The van der Waals surface area contributed by atoms with Crippen molar-refractivity contribution in [3.05, 3.63) is 57.7 Å². The van der Waals surface area contributed by atoms with E-state index in [0.717, 1.165) is 5.69 Å². The summed E-state index contributed by atoms with van der Waals surface area (Å²) in [5, 5.41) is 15.4. The lowest BCUT2D eigenvalue weighted by Crippen LogP contribution is -2.02. The molecule has 0 spiro atoms. The Hall–Kier alpha value is -2.28. The van der Waals surface area contributed by atoms with E-state index < -0.39 is 0 Å². The van der Waals surface area contributed by atoms with E-state index in [-0.39, 0.29) is 0 Å². The van der Waals surface area contributed by atoms with Gasteiger partial charge in [0.15, 0.2) is 5.82 Å². The van der Waals surface area contributed by atoms with E-state index in [0.29, 0.717) is 38.3 Å². The van der Waals surface area contributed by atoms with Gasteiger partial charge >= 0.3 is 0 Å². The van der Waals surface area contributed by atoms with Crippen LogP contribution in [0.3, 0.4) is 0 Å². The van der Waals surface area contributed by atoms with Crippen molar-refractivity contribution in [1.29, 1.82) is 0 Å². The van der Waals surface area contributed by atoms with Gasteiger partial charge in [0, 0.05) is 11.4 Å². The highest BCUT2D eigenvalue weighted by Crippen LogP contribution is 2.29. The second-order valence-corrected chi connectivity index (χ2v) is 6.12. The molecule has 0 fully saturated rings. The molecule has 0 amide bonds. The molecule has 128 valence electrons. The highest BCUT2D eigenvalue weighted by molar-refractivity contribution is 6.42. The summed E-state index contributed by atoms with van der Waals surface area (Å²) in [6, 6.07) is 10.4. The van der Waals surface area contributed by atoms with Crippen LogP contribution in [0.15, 0.2) is 42.6 Å². The molecule has 1 aromatic heterocycles. The SMILES string of the molecule is COc1ccc(Nc2cnnc(Nc3ccc(Cl)c(Cl)c3)n2)cc1Cl. The van der Waals surface area contributed by atoms with Crippen molar-refractivity contribution < 1.29 is 4.74 Å². The van der Waals surface area contributed by atoms with E-state index in [1.807, 2.05) is 6.07 Å². The molecule has 0 saturated heterocycles. The maximum Gasteiger partial charge on any atom is 0.249 e. The number of benzene rings is 2. The number of methoxy groups -OCH3 is 1. The van der Waals surface area contributed by atoms with Gasteiger partial charge in [0.25, 0.3) is 0 Å². The number of rotatable bonds is 5. The van der Waals surface area contributed by atoms with Crippen molar-refractivity contribution in [1.82, 2.24) is 15.2 Å². The normalized spacial score (nSPS) is 10.4. The molecule has 2 N–H and O–H groups in total. The first-order valence-corrected chi connectivity index (χ1v) is 8.21. The molecule has 0 aliphatic heterocycles. The Bertz CT molecular complexity index is 907. The summed E-state index contributed by atoms with van der Waals surface area (Å²) in [5.74, 6) is 1.40. The average Bonchev–Trinajstić information content (AvgIpc) is 2.59. The van der Waals surface area contributed by atoms with Crippen LogP contribution in [0.1, 0.15) is 0 Å². The molecule has 0 aliphatic carbocycles. The fourth-order valence-corrected chi connectivity index (χ4v) is 2.57. The Kier molecular flexibility index (Phi) is 5.43. The number of hydrogen-bond acceptors (Lipinski definition) is 6. The zero-order valence-corrected chi connectivity index (χ0v) is 15.2. The number of nitrogens with one attached hydrogen (secondary N) is 2. The zero-order valence-electron chi connectivity index (χ0n) is 12.9. The number of anilines is 4. The van der Waals surface area contributed by atoms with Gasteiger partial charge in [0.2, 0.25) is 5.95 Å². The van der Waals surface area contributed by atoms with E-state index in [2.05, 4.69) is 25.8 Å². The molecular weight excluding hydrogens is 385 g/mol. The highest BCUT2D eigenvalue weighted by atomic mass is 35.5. The largest absolute Gasteiger partial charge is 0.495 e. The lowest BCUT2D eigenvalue weighted by molar-refractivity contribution is 0.415. The topological polar surface area (TPSA) is 72.0 Å². The summed E-state index contributed by atoms with van der Waals surface area (Å²) in [6.45, 7) is 0. The van der Waals surface area contributed by atoms with E-state index in [1.54, 1.807) is 37.4 Å². The Labute approximate surface area is 159 Å². The van der Waals surface area contributed by atoms with Crippen LogP contribution in [-0.4, -0.2) is 22.3 Å². The smallest absolute Gasteiger partial charge is 0.249 e. The average molecular weight is 397 g/mol. The Morgan fingerprint density at radius 1 is 0.880 bits per heavy atom. The number of nitrogens with zero attached hydrogens (tertiary/aromatic N) is 3. The van der Waals surface area contributed by atoms with E-state index in [4.69, 9.17) is 39.5 Å². The molecule has 25 heavy (non-hydrogen) atoms. The molecule has 6 nitrogen and oxygen atoms in total. The lowest BCUT2D eigenvalue weighted by atomic mass is 10.3. The van der Waals surface area contributed by atoms with Crippen molar-refractivity contribution in [3.8, 4) is 5.75 Å². The van der Waals surface area contributed by atoms with Crippen LogP contribution in [0.25, 0.3) is 0 Å². The van der Waals surface area contributed by atoms with Gasteiger partial charge in [-0.1, -0.05) is 34.8 Å². The van der Waals surface area contributed by atoms with Crippen molar-refractivity contribution in [2.24, 2.45) is 0 Å². The number of ether oxygens (including phenoxy) is 1. The minimum atomic E-state index is 0.308. The van der Waals surface area contributed by atoms with Crippen LogP contribution in [0.4, 0.5) is 23.1 Å². The van der Waals surface area contributed by atoms with Crippen LogP contribution in [0, 0.1) is 0 Å². The number of hydrogen-bond donors (Lipinski definition) is 2.